The van der Waals surface area contributed by atoms with Crippen LogP contribution in [0.2, 0.25) is 0 Å². The summed E-state index contributed by atoms with van der Waals surface area (Å²) in [4.78, 5) is 0. The predicted molar refractivity (Wildman–Crippen MR) is 87.0 cm³/mol. The molecule has 0 N–H and O–H groups in total. The third-order valence-corrected chi connectivity index (χ3v) is 4.83. The Balaban J connectivity index is 1.96. The summed E-state index contributed by atoms with van der Waals surface area (Å²) in [5.41, 5.74) is 1.69. The summed E-state index contributed by atoms with van der Waals surface area (Å²) in [6.45, 7) is 9.05. The van der Waals surface area contributed by atoms with Gasteiger partial charge < -0.3 is 9.47 Å². The third-order valence-electron chi connectivity index (χ3n) is 4.15. The van der Waals surface area contributed by atoms with Crippen molar-refractivity contribution in [2.75, 3.05) is 25.6 Å². The maximum absolute atomic E-state index is 6.00. The Labute approximate surface area is 128 Å². The van der Waals surface area contributed by atoms with Crippen molar-refractivity contribution in [1.29, 1.82) is 0 Å². The van der Waals surface area contributed by atoms with Crippen molar-refractivity contribution in [2.24, 2.45) is 5.41 Å². The lowest BCUT2D eigenvalue weighted by Crippen LogP contribution is -2.36. The van der Waals surface area contributed by atoms with Gasteiger partial charge in [-0.2, -0.15) is 12.6 Å². The molecule has 3 heteroatoms. The van der Waals surface area contributed by atoms with Gasteiger partial charge in [-0.1, -0.05) is 32.9 Å². The van der Waals surface area contributed by atoms with Crippen molar-refractivity contribution in [3.63, 3.8) is 0 Å². The van der Waals surface area contributed by atoms with Crippen LogP contribution in [0.3, 0.4) is 0 Å². The summed E-state index contributed by atoms with van der Waals surface area (Å²) in [5.74, 6) is 1.81. The molecule has 1 aliphatic rings. The number of thiol groups is 1. The molecule has 0 saturated carbocycles. The largest absolute Gasteiger partial charge is 0.493 e. The zero-order valence-corrected chi connectivity index (χ0v) is 13.7. The van der Waals surface area contributed by atoms with E-state index in [1.54, 1.807) is 0 Å². The standard InChI is InChI=1S/C17H26O2S/c1-16(2,3)14-4-6-15(7-5-14)19-12-17(13-20)8-10-18-11-9-17/h4-7,20H,8-13H2,1-3H3. The fourth-order valence-corrected chi connectivity index (χ4v) is 2.85. The molecule has 20 heavy (non-hydrogen) atoms. The van der Waals surface area contributed by atoms with E-state index in [0.29, 0.717) is 0 Å². The van der Waals surface area contributed by atoms with E-state index >= 15 is 0 Å². The minimum atomic E-state index is 0.171. The van der Waals surface area contributed by atoms with Crippen LogP contribution in [0.15, 0.2) is 24.3 Å². The van der Waals surface area contributed by atoms with E-state index in [-0.39, 0.29) is 10.8 Å². The number of ether oxygens (including phenoxy) is 2. The molecular formula is C17H26O2S. The first kappa shape index (κ1) is 15.7. The van der Waals surface area contributed by atoms with Crippen LogP contribution in [0.4, 0.5) is 0 Å². The Hall–Kier alpha value is -0.670. The van der Waals surface area contributed by atoms with E-state index in [0.717, 1.165) is 44.2 Å². The fraction of sp³-hybridized carbons (Fsp3) is 0.647. The van der Waals surface area contributed by atoms with Crippen LogP contribution in [0.1, 0.15) is 39.2 Å². The van der Waals surface area contributed by atoms with Gasteiger partial charge in [0.15, 0.2) is 0 Å². The molecule has 1 aliphatic heterocycles. The molecule has 0 spiro atoms. The first-order chi connectivity index (χ1) is 9.45. The van der Waals surface area contributed by atoms with Crippen molar-refractivity contribution in [3.8, 4) is 5.75 Å². The van der Waals surface area contributed by atoms with E-state index in [1.165, 1.54) is 5.56 Å². The van der Waals surface area contributed by atoms with Gasteiger partial charge in [-0.05, 0) is 41.7 Å². The van der Waals surface area contributed by atoms with Crippen molar-refractivity contribution in [2.45, 2.75) is 39.0 Å². The molecule has 1 saturated heterocycles. The highest BCUT2D eigenvalue weighted by Crippen LogP contribution is 2.33. The van der Waals surface area contributed by atoms with Crippen LogP contribution < -0.4 is 4.74 Å². The van der Waals surface area contributed by atoms with E-state index in [9.17, 15) is 0 Å². The highest BCUT2D eigenvalue weighted by atomic mass is 32.1. The molecule has 1 aromatic rings. The van der Waals surface area contributed by atoms with Crippen molar-refractivity contribution in [3.05, 3.63) is 29.8 Å². The zero-order chi connectivity index (χ0) is 14.6. The number of rotatable bonds is 4. The number of hydrogen-bond donors (Lipinski definition) is 1. The molecule has 1 heterocycles. The Morgan fingerprint density at radius 2 is 1.75 bits per heavy atom. The molecule has 0 amide bonds. The van der Waals surface area contributed by atoms with Gasteiger partial charge in [-0.25, -0.2) is 0 Å². The molecule has 0 bridgehead atoms. The maximum atomic E-state index is 6.00. The van der Waals surface area contributed by atoms with E-state index in [2.05, 4.69) is 57.7 Å². The summed E-state index contributed by atoms with van der Waals surface area (Å²) in [7, 11) is 0. The van der Waals surface area contributed by atoms with Gasteiger partial charge in [0.25, 0.3) is 0 Å². The molecule has 1 aromatic carbocycles. The lowest BCUT2D eigenvalue weighted by molar-refractivity contribution is 0.00310. The zero-order valence-electron chi connectivity index (χ0n) is 12.8. The minimum absolute atomic E-state index is 0.171. The lowest BCUT2D eigenvalue weighted by atomic mass is 9.83. The molecule has 112 valence electrons. The van der Waals surface area contributed by atoms with Crippen LogP contribution in [0.25, 0.3) is 0 Å². The second-order valence-electron chi connectivity index (χ2n) is 6.83. The van der Waals surface area contributed by atoms with Crippen molar-refractivity contribution < 1.29 is 9.47 Å². The average molecular weight is 294 g/mol. The lowest BCUT2D eigenvalue weighted by Gasteiger charge is -2.35. The fourth-order valence-electron chi connectivity index (χ4n) is 2.44. The summed E-state index contributed by atoms with van der Waals surface area (Å²) >= 11 is 4.51. The van der Waals surface area contributed by atoms with Gasteiger partial charge in [0.1, 0.15) is 5.75 Å². The summed E-state index contributed by atoms with van der Waals surface area (Å²) in [6.07, 6.45) is 2.08. The Bertz CT molecular complexity index is 414. The van der Waals surface area contributed by atoms with Gasteiger partial charge >= 0.3 is 0 Å². The number of hydrogen-bond acceptors (Lipinski definition) is 3. The quantitative estimate of drug-likeness (QED) is 0.843. The second-order valence-corrected chi connectivity index (χ2v) is 7.15. The molecule has 2 nitrogen and oxygen atoms in total. The monoisotopic (exact) mass is 294 g/mol. The topological polar surface area (TPSA) is 18.5 Å². The normalized spacial score (nSPS) is 18.8. The van der Waals surface area contributed by atoms with E-state index < -0.39 is 0 Å². The Morgan fingerprint density at radius 3 is 2.25 bits per heavy atom. The van der Waals surface area contributed by atoms with Crippen molar-refractivity contribution in [1.82, 2.24) is 0 Å². The maximum Gasteiger partial charge on any atom is 0.119 e. The molecule has 0 aromatic heterocycles. The first-order valence-electron chi connectivity index (χ1n) is 7.37. The molecule has 2 rings (SSSR count). The predicted octanol–water partition coefficient (Wildman–Crippen LogP) is 4.09. The van der Waals surface area contributed by atoms with Crippen LogP contribution >= 0.6 is 12.6 Å². The molecule has 0 unspecified atom stereocenters. The van der Waals surface area contributed by atoms with E-state index in [1.807, 2.05) is 0 Å². The number of benzene rings is 1. The molecular weight excluding hydrogens is 268 g/mol. The Morgan fingerprint density at radius 1 is 1.15 bits per heavy atom. The molecule has 0 atom stereocenters. The highest BCUT2D eigenvalue weighted by Gasteiger charge is 2.32. The average Bonchev–Trinajstić information content (AvgIpc) is 2.46. The van der Waals surface area contributed by atoms with Crippen LogP contribution in [0.5, 0.6) is 5.75 Å². The Kier molecular flexibility index (Phi) is 5.03. The minimum Gasteiger partial charge on any atom is -0.493 e. The summed E-state index contributed by atoms with van der Waals surface area (Å²) in [5, 5.41) is 0. The van der Waals surface area contributed by atoms with Gasteiger partial charge in [0, 0.05) is 18.6 Å². The summed E-state index contributed by atoms with van der Waals surface area (Å²) in [6, 6.07) is 8.47. The molecule has 1 fully saturated rings. The van der Waals surface area contributed by atoms with Crippen LogP contribution in [0, 0.1) is 5.41 Å². The third kappa shape index (κ3) is 3.92. The van der Waals surface area contributed by atoms with Crippen LogP contribution in [-0.2, 0) is 10.2 Å². The molecule has 0 radical (unpaired) electrons. The van der Waals surface area contributed by atoms with Crippen LogP contribution in [-0.4, -0.2) is 25.6 Å². The van der Waals surface area contributed by atoms with Gasteiger partial charge in [0.2, 0.25) is 0 Å². The highest BCUT2D eigenvalue weighted by molar-refractivity contribution is 7.80. The van der Waals surface area contributed by atoms with Gasteiger partial charge in [-0.3, -0.25) is 0 Å². The van der Waals surface area contributed by atoms with Gasteiger partial charge in [-0.15, -0.1) is 0 Å². The smallest absolute Gasteiger partial charge is 0.119 e. The SMILES string of the molecule is CC(C)(C)c1ccc(OCC2(CS)CCOCC2)cc1. The van der Waals surface area contributed by atoms with E-state index in [4.69, 9.17) is 9.47 Å². The first-order valence-corrected chi connectivity index (χ1v) is 8.00. The summed E-state index contributed by atoms with van der Waals surface area (Å²) < 4.78 is 11.4. The second kappa shape index (κ2) is 6.40. The van der Waals surface area contributed by atoms with Gasteiger partial charge in [0.05, 0.1) is 6.61 Å². The van der Waals surface area contributed by atoms with Crippen molar-refractivity contribution >= 4 is 12.6 Å². The molecule has 0 aliphatic carbocycles.